The Labute approximate surface area is 169 Å². The molecule has 29 heavy (non-hydrogen) atoms. The summed E-state index contributed by atoms with van der Waals surface area (Å²) in [6, 6.07) is -0.876. The van der Waals surface area contributed by atoms with Crippen LogP contribution in [0, 0.1) is 0 Å². The van der Waals surface area contributed by atoms with Gasteiger partial charge in [0.25, 0.3) is 5.56 Å². The van der Waals surface area contributed by atoms with Crippen LogP contribution in [0.5, 0.6) is 0 Å². The number of nitrogens with two attached hydrogens (primary N) is 1. The number of carboxylic acid groups (broad SMARTS) is 1. The highest BCUT2D eigenvalue weighted by molar-refractivity contribution is 7.99. The molecule has 0 aliphatic carbocycles. The molecule has 0 saturated carbocycles. The fraction of sp³-hybridized carbons (Fsp3) is 0.647. The van der Waals surface area contributed by atoms with Crippen molar-refractivity contribution in [3.63, 3.8) is 0 Å². The van der Waals surface area contributed by atoms with Crippen molar-refractivity contribution < 1.29 is 24.1 Å². The highest BCUT2D eigenvalue weighted by Crippen LogP contribution is 2.44. The van der Waals surface area contributed by atoms with Crippen molar-refractivity contribution in [2.75, 3.05) is 11.5 Å². The van der Waals surface area contributed by atoms with E-state index in [1.807, 2.05) is 13.8 Å². The van der Waals surface area contributed by atoms with Gasteiger partial charge in [0.15, 0.2) is 23.2 Å². The van der Waals surface area contributed by atoms with Crippen molar-refractivity contribution in [3.05, 3.63) is 23.0 Å². The molecule has 0 unspecified atom stereocenters. The molecule has 11 nitrogen and oxygen atoms in total. The van der Waals surface area contributed by atoms with Crippen LogP contribution in [0.1, 0.15) is 26.5 Å². The van der Waals surface area contributed by atoms with Crippen molar-refractivity contribution in [2.45, 2.75) is 56.6 Å². The Hall–Kier alpha value is -1.99. The minimum Gasteiger partial charge on any atom is -0.480 e. The van der Waals surface area contributed by atoms with Crippen LogP contribution in [0.2, 0.25) is 0 Å². The Bertz CT molecular complexity index is 961. The van der Waals surface area contributed by atoms with Gasteiger partial charge in [-0.25, -0.2) is 9.97 Å². The third-order valence-corrected chi connectivity index (χ3v) is 6.03. The molecule has 4 heterocycles. The number of thioether (sulfide) groups is 1. The minimum atomic E-state index is -1.01. The van der Waals surface area contributed by atoms with E-state index in [0.717, 1.165) is 0 Å². The van der Waals surface area contributed by atoms with Crippen molar-refractivity contribution in [1.82, 2.24) is 19.5 Å². The standard InChI is InChI=1S/C17H23N5O6S/c1-17(2)27-11-9(5-29-4-3-8(18)16(24)25)26-15(12(11)28-17)22-7-21-10-13(22)19-6-20-14(10)23/h6-9,11-12,15H,3-5,18H2,1-2H3,(H,24,25)(H,19,20,23)/t8-,9-,11-,12-,15-/m1/s1. The van der Waals surface area contributed by atoms with E-state index >= 15 is 0 Å². The molecule has 0 amide bonds. The summed E-state index contributed by atoms with van der Waals surface area (Å²) in [5, 5.41) is 8.89. The second kappa shape index (κ2) is 7.69. The summed E-state index contributed by atoms with van der Waals surface area (Å²) in [6.45, 7) is 3.68. The number of aromatic nitrogens is 4. The zero-order valence-electron chi connectivity index (χ0n) is 16.0. The zero-order chi connectivity index (χ0) is 20.8. The molecule has 2 aromatic heterocycles. The van der Waals surface area contributed by atoms with E-state index in [9.17, 15) is 9.59 Å². The molecule has 4 rings (SSSR count). The smallest absolute Gasteiger partial charge is 0.320 e. The maximum absolute atomic E-state index is 12.0. The molecule has 5 atom stereocenters. The van der Waals surface area contributed by atoms with Gasteiger partial charge in [-0.1, -0.05) is 0 Å². The summed E-state index contributed by atoms with van der Waals surface area (Å²) in [5.74, 6) is -0.603. The number of hydrogen-bond acceptors (Lipinski definition) is 9. The minimum absolute atomic E-state index is 0.228. The van der Waals surface area contributed by atoms with Crippen LogP contribution in [-0.4, -0.2) is 72.2 Å². The van der Waals surface area contributed by atoms with Gasteiger partial charge in [-0.05, 0) is 26.0 Å². The van der Waals surface area contributed by atoms with E-state index in [2.05, 4.69) is 15.0 Å². The van der Waals surface area contributed by atoms with Crippen LogP contribution < -0.4 is 11.3 Å². The van der Waals surface area contributed by atoms with Crippen LogP contribution in [0.15, 0.2) is 17.4 Å². The summed E-state index contributed by atoms with van der Waals surface area (Å²) in [6.07, 6.45) is 1.68. The fourth-order valence-corrected chi connectivity index (χ4v) is 4.69. The largest absolute Gasteiger partial charge is 0.480 e. The second-order valence-corrected chi connectivity index (χ2v) is 8.64. The summed E-state index contributed by atoms with van der Waals surface area (Å²) in [4.78, 5) is 33.7. The number of carbonyl (C=O) groups is 1. The number of nitrogens with zero attached hydrogens (tertiary/aromatic N) is 3. The van der Waals surface area contributed by atoms with E-state index in [4.69, 9.17) is 25.1 Å². The molecular weight excluding hydrogens is 402 g/mol. The van der Waals surface area contributed by atoms with Crippen LogP contribution in [0.4, 0.5) is 0 Å². The van der Waals surface area contributed by atoms with E-state index in [1.54, 1.807) is 16.3 Å². The average molecular weight is 425 g/mol. The Morgan fingerprint density at radius 2 is 2.17 bits per heavy atom. The van der Waals surface area contributed by atoms with Crippen LogP contribution in [0.25, 0.3) is 11.2 Å². The maximum Gasteiger partial charge on any atom is 0.320 e. The number of imidazole rings is 1. The first-order valence-corrected chi connectivity index (χ1v) is 10.4. The quantitative estimate of drug-likeness (QED) is 0.519. The number of ether oxygens (including phenoxy) is 3. The molecule has 2 saturated heterocycles. The van der Waals surface area contributed by atoms with Crippen LogP contribution in [-0.2, 0) is 19.0 Å². The lowest BCUT2D eigenvalue weighted by Gasteiger charge is -2.24. The average Bonchev–Trinajstić information content (AvgIpc) is 3.30. The second-order valence-electron chi connectivity index (χ2n) is 7.49. The predicted octanol–water partition coefficient (Wildman–Crippen LogP) is 0.0723. The SMILES string of the molecule is CC1(C)O[C@@H]2[C@H](O1)[C@@H](CSCC[C@@H](N)C(=O)O)O[C@H]2n1cnc2c(=O)[nH]cnc21. The molecule has 2 aliphatic heterocycles. The summed E-state index contributed by atoms with van der Waals surface area (Å²) in [5.41, 5.74) is 5.86. The molecule has 0 bridgehead atoms. The van der Waals surface area contributed by atoms with Crippen molar-refractivity contribution in [2.24, 2.45) is 5.73 Å². The van der Waals surface area contributed by atoms with Gasteiger partial charge >= 0.3 is 5.97 Å². The van der Waals surface area contributed by atoms with Gasteiger partial charge in [0.2, 0.25) is 0 Å². The van der Waals surface area contributed by atoms with Gasteiger partial charge in [-0.15, -0.1) is 0 Å². The van der Waals surface area contributed by atoms with Crippen LogP contribution >= 0.6 is 11.8 Å². The van der Waals surface area contributed by atoms with E-state index in [-0.39, 0.29) is 23.3 Å². The predicted molar refractivity (Wildman–Crippen MR) is 103 cm³/mol. The Morgan fingerprint density at radius 3 is 2.93 bits per heavy atom. The highest BCUT2D eigenvalue weighted by Gasteiger charge is 2.56. The number of aliphatic carboxylic acids is 1. The number of fused-ring (bicyclic) bond motifs is 2. The van der Waals surface area contributed by atoms with Crippen molar-refractivity contribution in [3.8, 4) is 0 Å². The van der Waals surface area contributed by atoms with E-state index in [0.29, 0.717) is 23.6 Å². The molecule has 158 valence electrons. The zero-order valence-corrected chi connectivity index (χ0v) is 16.8. The molecule has 0 radical (unpaired) electrons. The number of nitrogens with one attached hydrogen (secondary N) is 1. The van der Waals surface area contributed by atoms with Gasteiger partial charge in [-0.2, -0.15) is 11.8 Å². The fourth-order valence-electron chi connectivity index (χ4n) is 3.60. The molecular formula is C17H23N5O6S. The Kier molecular flexibility index (Phi) is 5.38. The first kappa shape index (κ1) is 20.3. The first-order chi connectivity index (χ1) is 13.8. The topological polar surface area (TPSA) is 155 Å². The van der Waals surface area contributed by atoms with E-state index in [1.165, 1.54) is 12.7 Å². The summed E-state index contributed by atoms with van der Waals surface area (Å²) >= 11 is 1.55. The Balaban J connectivity index is 1.51. The molecule has 2 fully saturated rings. The highest BCUT2D eigenvalue weighted by atomic mass is 32.2. The van der Waals surface area contributed by atoms with Gasteiger partial charge in [0.05, 0.1) is 18.8 Å². The monoisotopic (exact) mass is 425 g/mol. The molecule has 12 heteroatoms. The number of rotatable bonds is 7. The van der Waals surface area contributed by atoms with Gasteiger partial charge in [0.1, 0.15) is 18.2 Å². The van der Waals surface area contributed by atoms with E-state index < -0.39 is 30.1 Å². The molecule has 2 aliphatic rings. The van der Waals surface area contributed by atoms with Crippen molar-refractivity contribution >= 4 is 28.9 Å². The first-order valence-electron chi connectivity index (χ1n) is 9.24. The number of hydrogen-bond donors (Lipinski definition) is 3. The lowest BCUT2D eigenvalue weighted by atomic mass is 10.1. The third-order valence-electron chi connectivity index (χ3n) is 4.94. The van der Waals surface area contributed by atoms with Gasteiger partial charge in [-0.3, -0.25) is 14.2 Å². The van der Waals surface area contributed by atoms with Crippen LogP contribution in [0.3, 0.4) is 0 Å². The van der Waals surface area contributed by atoms with Gasteiger partial charge in [0, 0.05) is 5.75 Å². The lowest BCUT2D eigenvalue weighted by molar-refractivity contribution is -0.193. The molecule has 0 spiro atoms. The lowest BCUT2D eigenvalue weighted by Crippen LogP contribution is -2.32. The molecule has 4 N–H and O–H groups in total. The third kappa shape index (κ3) is 3.90. The molecule has 0 aromatic carbocycles. The number of carboxylic acids is 1. The molecule has 2 aromatic rings. The summed E-state index contributed by atoms with van der Waals surface area (Å²) in [7, 11) is 0. The van der Waals surface area contributed by atoms with Crippen molar-refractivity contribution in [1.29, 1.82) is 0 Å². The Morgan fingerprint density at radius 1 is 1.41 bits per heavy atom. The maximum atomic E-state index is 12.0. The number of H-pyrrole nitrogens is 1. The summed E-state index contributed by atoms with van der Waals surface area (Å²) < 4.78 is 20.1. The van der Waals surface area contributed by atoms with Gasteiger partial charge < -0.3 is 30.0 Å². The normalized spacial score (nSPS) is 29.2. The number of aromatic amines is 1.